The largest absolute Gasteiger partial charge is 0.466 e. The minimum Gasteiger partial charge on any atom is -0.466 e. The number of nitrogens with one attached hydrogen (secondary N) is 1. The van der Waals surface area contributed by atoms with Gasteiger partial charge in [0.15, 0.2) is 16.1 Å². The third-order valence-corrected chi connectivity index (χ3v) is 7.38. The summed E-state index contributed by atoms with van der Waals surface area (Å²) in [7, 11) is 0. The molecule has 0 fully saturated rings. The molecule has 1 amide bonds. The van der Waals surface area contributed by atoms with Crippen LogP contribution in [0.5, 0.6) is 0 Å². The number of aromatic nitrogens is 4. The predicted octanol–water partition coefficient (Wildman–Crippen LogP) is 4.86. The third kappa shape index (κ3) is 5.60. The lowest BCUT2D eigenvalue weighted by Crippen LogP contribution is -2.15. The monoisotopic (exact) mass is 501 g/mol. The Bertz CT molecular complexity index is 1260. The maximum Gasteiger partial charge on any atom is 0.311 e. The quantitative estimate of drug-likeness (QED) is 0.245. The summed E-state index contributed by atoms with van der Waals surface area (Å²) in [6.45, 7) is 4.96. The van der Waals surface area contributed by atoms with E-state index in [-0.39, 0.29) is 24.1 Å². The second-order valence-corrected chi connectivity index (χ2v) is 9.78. The van der Waals surface area contributed by atoms with E-state index >= 15 is 0 Å². The molecule has 4 rings (SSSR count). The zero-order valence-electron chi connectivity index (χ0n) is 18.2. The minimum atomic E-state index is -0.333. The average Bonchev–Trinajstić information content (AvgIpc) is 3.51. The van der Waals surface area contributed by atoms with E-state index in [9.17, 15) is 9.59 Å². The van der Waals surface area contributed by atoms with Crippen molar-refractivity contribution in [2.45, 2.75) is 38.4 Å². The van der Waals surface area contributed by atoms with E-state index in [2.05, 4.69) is 49.5 Å². The molecule has 0 saturated heterocycles. The molecule has 33 heavy (non-hydrogen) atoms. The fourth-order valence-corrected chi connectivity index (χ4v) is 5.69. The highest BCUT2D eigenvalue weighted by Crippen LogP contribution is 2.34. The van der Waals surface area contributed by atoms with Gasteiger partial charge in [-0.05, 0) is 19.4 Å². The van der Waals surface area contributed by atoms with Crippen LogP contribution in [-0.2, 0) is 27.3 Å². The van der Waals surface area contributed by atoms with Gasteiger partial charge in [-0.1, -0.05) is 36.9 Å². The van der Waals surface area contributed by atoms with Crippen LogP contribution in [0.2, 0.25) is 0 Å². The number of rotatable bonds is 10. The summed E-state index contributed by atoms with van der Waals surface area (Å²) < 4.78 is 8.21. The second kappa shape index (κ2) is 10.9. The molecule has 1 N–H and O–H groups in total. The summed E-state index contributed by atoms with van der Waals surface area (Å²) in [6.07, 6.45) is 1.02. The first kappa shape index (κ1) is 23.4. The highest BCUT2D eigenvalue weighted by molar-refractivity contribution is 7.99. The topological polar surface area (TPSA) is 99.0 Å². The predicted molar refractivity (Wildman–Crippen MR) is 133 cm³/mol. The molecule has 11 heteroatoms. The van der Waals surface area contributed by atoms with Crippen molar-refractivity contribution in [1.82, 2.24) is 19.7 Å². The number of hydrogen-bond acceptors (Lipinski definition) is 9. The Morgan fingerprint density at radius 2 is 2.00 bits per heavy atom. The number of thioether (sulfide) groups is 1. The fraction of sp³-hybridized carbons (Fsp3) is 0.318. The van der Waals surface area contributed by atoms with Gasteiger partial charge in [-0.25, -0.2) is 4.98 Å². The van der Waals surface area contributed by atoms with Crippen molar-refractivity contribution < 1.29 is 14.3 Å². The molecule has 0 aliphatic heterocycles. The molecule has 8 nitrogen and oxygen atoms in total. The Hall–Kier alpha value is -2.76. The van der Waals surface area contributed by atoms with Crippen molar-refractivity contribution in [3.05, 3.63) is 40.7 Å². The molecule has 3 heterocycles. The lowest BCUT2D eigenvalue weighted by molar-refractivity contribution is -0.142. The number of nitrogens with zero attached hydrogens (tertiary/aromatic N) is 4. The van der Waals surface area contributed by atoms with E-state index in [1.807, 2.05) is 12.1 Å². The highest BCUT2D eigenvalue weighted by atomic mass is 32.2. The molecule has 1 aromatic carbocycles. The van der Waals surface area contributed by atoms with E-state index < -0.39 is 0 Å². The number of thiophene rings is 1. The van der Waals surface area contributed by atoms with Crippen LogP contribution < -0.4 is 5.32 Å². The van der Waals surface area contributed by atoms with Crippen molar-refractivity contribution in [3.8, 4) is 11.4 Å². The maximum atomic E-state index is 12.5. The van der Waals surface area contributed by atoms with Gasteiger partial charge in [-0.15, -0.1) is 32.9 Å². The Labute approximate surface area is 203 Å². The first-order valence-electron chi connectivity index (χ1n) is 10.5. The maximum absolute atomic E-state index is 12.5. The SMILES string of the molecule is CCCn1c(SCC(=O)Nc2nc(CC(=O)OCC)cs2)nnc1-c1csc2ccccc12. The number of benzene rings is 1. The molecule has 4 aromatic rings. The van der Waals surface area contributed by atoms with Gasteiger partial charge in [0.1, 0.15) is 0 Å². The smallest absolute Gasteiger partial charge is 0.311 e. The van der Waals surface area contributed by atoms with Crippen LogP contribution in [0.25, 0.3) is 21.5 Å². The van der Waals surface area contributed by atoms with Crippen molar-refractivity contribution in [2.24, 2.45) is 0 Å². The van der Waals surface area contributed by atoms with Crippen LogP contribution in [0.3, 0.4) is 0 Å². The molecular formula is C22H23N5O3S3. The van der Waals surface area contributed by atoms with Crippen LogP contribution in [-0.4, -0.2) is 44.0 Å². The van der Waals surface area contributed by atoms with Crippen molar-refractivity contribution in [2.75, 3.05) is 17.7 Å². The van der Waals surface area contributed by atoms with Crippen LogP contribution in [0.4, 0.5) is 5.13 Å². The first-order chi connectivity index (χ1) is 16.1. The van der Waals surface area contributed by atoms with E-state index in [0.717, 1.165) is 29.7 Å². The summed E-state index contributed by atoms with van der Waals surface area (Å²) in [5.74, 6) is 0.478. The molecule has 0 unspecified atom stereocenters. The van der Waals surface area contributed by atoms with Gasteiger partial charge in [0.05, 0.1) is 24.5 Å². The van der Waals surface area contributed by atoms with Gasteiger partial charge in [0, 0.05) is 33.0 Å². The van der Waals surface area contributed by atoms with Crippen molar-refractivity contribution in [3.63, 3.8) is 0 Å². The van der Waals surface area contributed by atoms with E-state index in [1.54, 1.807) is 23.6 Å². The number of fused-ring (bicyclic) bond motifs is 1. The standard InChI is InChI=1S/C22H23N5O3S3/c1-3-9-27-20(16-12-31-17-8-6-5-7-15(16)17)25-26-22(27)33-13-18(28)24-21-23-14(11-32-21)10-19(29)30-4-2/h5-8,11-12H,3-4,9-10,13H2,1-2H3,(H,23,24,28). The molecule has 0 saturated carbocycles. The van der Waals surface area contributed by atoms with Gasteiger partial charge in [0.2, 0.25) is 5.91 Å². The fourth-order valence-electron chi connectivity index (χ4n) is 3.26. The minimum absolute atomic E-state index is 0.0924. The number of carbonyl (C=O) groups excluding carboxylic acids is 2. The van der Waals surface area contributed by atoms with Gasteiger partial charge < -0.3 is 14.6 Å². The van der Waals surface area contributed by atoms with E-state index in [4.69, 9.17) is 4.74 Å². The third-order valence-electron chi connectivity index (χ3n) is 4.65. The van der Waals surface area contributed by atoms with Crippen LogP contribution in [0.15, 0.2) is 40.2 Å². The number of thiazole rings is 1. The normalized spacial score (nSPS) is 11.1. The number of anilines is 1. The lowest BCUT2D eigenvalue weighted by Gasteiger charge is -2.08. The van der Waals surface area contributed by atoms with Gasteiger partial charge in [-0.3, -0.25) is 9.59 Å². The van der Waals surface area contributed by atoms with Crippen LogP contribution in [0.1, 0.15) is 26.0 Å². The average molecular weight is 502 g/mol. The zero-order chi connectivity index (χ0) is 23.2. The lowest BCUT2D eigenvalue weighted by atomic mass is 10.1. The van der Waals surface area contributed by atoms with E-state index in [1.165, 1.54) is 27.8 Å². The number of hydrogen-bond donors (Lipinski definition) is 1. The Balaban J connectivity index is 1.42. The molecule has 0 aliphatic carbocycles. The Kier molecular flexibility index (Phi) is 7.73. The second-order valence-electron chi connectivity index (χ2n) is 7.07. The summed E-state index contributed by atoms with van der Waals surface area (Å²) >= 11 is 4.31. The summed E-state index contributed by atoms with van der Waals surface area (Å²) in [4.78, 5) is 28.4. The van der Waals surface area contributed by atoms with Crippen LogP contribution in [0, 0.1) is 0 Å². The first-order valence-corrected chi connectivity index (χ1v) is 13.3. The Morgan fingerprint density at radius 1 is 1.15 bits per heavy atom. The van der Waals surface area contributed by atoms with Gasteiger partial charge >= 0.3 is 5.97 Å². The summed E-state index contributed by atoms with van der Waals surface area (Å²) in [5, 5.41) is 17.8. The summed E-state index contributed by atoms with van der Waals surface area (Å²) in [5.41, 5.74) is 1.64. The molecule has 3 aromatic heterocycles. The highest BCUT2D eigenvalue weighted by Gasteiger charge is 2.18. The molecule has 0 atom stereocenters. The van der Waals surface area contributed by atoms with Crippen LogP contribution >= 0.6 is 34.4 Å². The van der Waals surface area contributed by atoms with Gasteiger partial charge in [-0.2, -0.15) is 0 Å². The van der Waals surface area contributed by atoms with Crippen molar-refractivity contribution in [1.29, 1.82) is 0 Å². The number of carbonyl (C=O) groups is 2. The molecule has 0 aliphatic rings. The number of ether oxygens (including phenoxy) is 1. The number of amides is 1. The number of esters is 1. The molecule has 0 bridgehead atoms. The van der Waals surface area contributed by atoms with Crippen molar-refractivity contribution >= 4 is 61.5 Å². The molecule has 0 radical (unpaired) electrons. The molecule has 172 valence electrons. The zero-order valence-corrected chi connectivity index (χ0v) is 20.7. The van der Waals surface area contributed by atoms with E-state index in [0.29, 0.717) is 22.6 Å². The molecule has 0 spiro atoms. The van der Waals surface area contributed by atoms with Gasteiger partial charge in [0.25, 0.3) is 0 Å². The summed E-state index contributed by atoms with van der Waals surface area (Å²) in [6, 6.07) is 8.24. The molecular weight excluding hydrogens is 478 g/mol. The Morgan fingerprint density at radius 3 is 2.82 bits per heavy atom.